The molecule has 0 aliphatic carbocycles. The highest BCUT2D eigenvalue weighted by Crippen LogP contribution is 2.31. The zero-order chi connectivity index (χ0) is 10.7. The number of cyclic esters (lactones) is 1. The summed E-state index contributed by atoms with van der Waals surface area (Å²) in [6, 6.07) is 0. The summed E-state index contributed by atoms with van der Waals surface area (Å²) in [5.74, 6) is -0.527. The normalized spacial score (nSPS) is 20.2. The van der Waals surface area contributed by atoms with Crippen molar-refractivity contribution in [3.63, 3.8) is 0 Å². The number of halogens is 2. The molecule has 9 heteroatoms. The second-order valence-electron chi connectivity index (χ2n) is 2.10. The molecule has 6 nitrogen and oxygen atoms in total. The van der Waals surface area contributed by atoms with Gasteiger partial charge in [-0.3, -0.25) is 0 Å². The van der Waals surface area contributed by atoms with Gasteiger partial charge in [0.15, 0.2) is 0 Å². The maximum Gasteiger partial charge on any atom is 0.466 e. The highest BCUT2D eigenvalue weighted by Gasteiger charge is 2.40. The van der Waals surface area contributed by atoms with Gasteiger partial charge in [-0.05, 0) is 0 Å². The van der Waals surface area contributed by atoms with Crippen LogP contribution in [-0.2, 0) is 14.1 Å². The van der Waals surface area contributed by atoms with Crippen molar-refractivity contribution in [1.29, 1.82) is 0 Å². The number of hydrogen-bond acceptors (Lipinski definition) is 3. The molecule has 1 aliphatic heterocycles. The van der Waals surface area contributed by atoms with E-state index in [2.05, 4.69) is 4.74 Å². The van der Waals surface area contributed by atoms with E-state index in [4.69, 9.17) is 42.4 Å². The molecule has 0 unspecified atom stereocenters. The van der Waals surface area contributed by atoms with Crippen LogP contribution in [0.15, 0.2) is 0 Å². The van der Waals surface area contributed by atoms with Crippen LogP contribution in [0.25, 0.3) is 0 Å². The number of carbonyl (C=O) groups excluding carboxylic acids is 1. The first-order valence-corrected chi connectivity index (χ1v) is 5.28. The summed E-state index contributed by atoms with van der Waals surface area (Å²) in [6.07, 6.45) is 0.398. The smallest absolute Gasteiger partial charge is 0.463 e. The van der Waals surface area contributed by atoms with E-state index < -0.39 is 18.1 Å². The van der Waals surface area contributed by atoms with Crippen molar-refractivity contribution in [2.45, 2.75) is 10.8 Å². The van der Waals surface area contributed by atoms with Crippen molar-refractivity contribution in [1.82, 2.24) is 0 Å². The molecule has 0 saturated carbocycles. The molecule has 13 heavy (non-hydrogen) atoms. The fourth-order valence-corrected chi connectivity index (χ4v) is 0.743. The molecule has 0 aromatic carbocycles. The summed E-state index contributed by atoms with van der Waals surface area (Å²) in [7, 11) is -4.64. The van der Waals surface area contributed by atoms with Crippen molar-refractivity contribution in [2.75, 3.05) is 6.61 Å². The van der Waals surface area contributed by atoms with Gasteiger partial charge in [0, 0.05) is 6.42 Å². The lowest BCUT2D eigenvalue weighted by Crippen LogP contribution is -2.18. The zero-order valence-electron chi connectivity index (χ0n) is 6.18. The average Bonchev–Trinajstić information content (AvgIpc) is 2.07. The molecule has 0 spiro atoms. The lowest BCUT2D eigenvalue weighted by atomic mass is 10.4. The Labute approximate surface area is 83.6 Å². The topological polar surface area (TPSA) is 104 Å². The van der Waals surface area contributed by atoms with Crippen molar-refractivity contribution in [3.8, 4) is 0 Å². The van der Waals surface area contributed by atoms with Gasteiger partial charge >= 0.3 is 13.8 Å². The Morgan fingerprint density at radius 3 is 1.85 bits per heavy atom. The number of esters is 1. The van der Waals surface area contributed by atoms with Crippen LogP contribution < -0.4 is 0 Å². The van der Waals surface area contributed by atoms with E-state index in [0.29, 0.717) is 13.0 Å². The summed E-state index contributed by atoms with van der Waals surface area (Å²) in [5, 5.41) is 0. The minimum absolute atomic E-state index is 0.339. The molecule has 1 rings (SSSR count). The van der Waals surface area contributed by atoms with Crippen LogP contribution in [0.2, 0.25) is 0 Å². The van der Waals surface area contributed by atoms with Crippen molar-refractivity contribution < 1.29 is 28.8 Å². The highest BCUT2D eigenvalue weighted by molar-refractivity contribution is 7.45. The fraction of sp³-hybridized carbons (Fsp3) is 0.750. The predicted molar refractivity (Wildman–Crippen MR) is 44.3 cm³/mol. The molecule has 1 fully saturated rings. The summed E-state index contributed by atoms with van der Waals surface area (Å²) in [6.45, 7) is 0.339. The summed E-state index contributed by atoms with van der Waals surface area (Å²) >= 11 is 10.8. The molecule has 0 radical (unpaired) electrons. The van der Waals surface area contributed by atoms with Crippen LogP contribution in [0.4, 0.5) is 0 Å². The lowest BCUT2D eigenvalue weighted by molar-refractivity contribution is -0.138. The van der Waals surface area contributed by atoms with E-state index in [1.165, 1.54) is 0 Å². The Morgan fingerprint density at radius 1 is 1.38 bits per heavy atom. The van der Waals surface area contributed by atoms with E-state index in [1.54, 1.807) is 0 Å². The van der Waals surface area contributed by atoms with Gasteiger partial charge in [0.05, 0.1) is 6.61 Å². The molecule has 1 heterocycles. The van der Waals surface area contributed by atoms with Crippen LogP contribution in [0.1, 0.15) is 6.42 Å². The largest absolute Gasteiger partial charge is 0.466 e. The molecule has 1 saturated heterocycles. The second kappa shape index (κ2) is 4.59. The second-order valence-corrected chi connectivity index (χ2v) is 4.61. The van der Waals surface area contributed by atoms with Gasteiger partial charge in [-0.2, -0.15) is 0 Å². The van der Waals surface area contributed by atoms with Gasteiger partial charge in [-0.15, -0.1) is 0 Å². The Morgan fingerprint density at radius 2 is 1.77 bits per heavy atom. The standard InChI is InChI=1S/C4H4Cl2O2.H3O4P/c5-4(6)1-2-8-3(4)7;1-5(2,3)4/h1-2H2;(H3,1,2,3,4). The third-order valence-electron chi connectivity index (χ3n) is 0.948. The van der Waals surface area contributed by atoms with Crippen LogP contribution >= 0.6 is 31.0 Å². The monoisotopic (exact) mass is 252 g/mol. The minimum atomic E-state index is -4.64. The zero-order valence-corrected chi connectivity index (χ0v) is 8.59. The summed E-state index contributed by atoms with van der Waals surface area (Å²) < 4.78 is 12.1. The molecule has 0 aromatic heterocycles. The van der Waals surface area contributed by atoms with E-state index in [1.807, 2.05) is 0 Å². The van der Waals surface area contributed by atoms with Crippen LogP contribution in [-0.4, -0.2) is 31.6 Å². The summed E-state index contributed by atoms with van der Waals surface area (Å²) in [4.78, 5) is 32.0. The van der Waals surface area contributed by atoms with Gasteiger partial charge < -0.3 is 19.4 Å². The third-order valence-corrected chi connectivity index (χ3v) is 1.63. The Hall–Kier alpha value is 0.160. The first kappa shape index (κ1) is 13.2. The maximum absolute atomic E-state index is 10.4. The van der Waals surface area contributed by atoms with Crippen LogP contribution in [0.3, 0.4) is 0 Å². The number of hydrogen-bond donors (Lipinski definition) is 3. The van der Waals surface area contributed by atoms with Crippen LogP contribution in [0, 0.1) is 0 Å². The maximum atomic E-state index is 10.4. The SMILES string of the molecule is O=C1OCCC1(Cl)Cl.O=P(O)(O)O. The molecule has 0 aromatic rings. The first-order valence-electron chi connectivity index (χ1n) is 2.96. The van der Waals surface area contributed by atoms with Crippen molar-refractivity contribution in [3.05, 3.63) is 0 Å². The molecular formula is C4H7Cl2O6P. The fourth-order valence-electron chi connectivity index (χ4n) is 0.480. The minimum Gasteiger partial charge on any atom is -0.463 e. The predicted octanol–water partition coefficient (Wildman–Crippen LogP) is 0.179. The third kappa shape index (κ3) is 7.25. The van der Waals surface area contributed by atoms with Gasteiger partial charge in [0.1, 0.15) is 0 Å². The summed E-state index contributed by atoms with van der Waals surface area (Å²) in [5.41, 5.74) is 0. The molecule has 3 N–H and O–H groups in total. The lowest BCUT2D eigenvalue weighted by Gasteiger charge is -2.01. The van der Waals surface area contributed by atoms with Gasteiger partial charge in [0.25, 0.3) is 0 Å². The molecule has 0 amide bonds. The molecule has 78 valence electrons. The number of carbonyl (C=O) groups is 1. The number of alkyl halides is 2. The Kier molecular flexibility index (Phi) is 4.65. The van der Waals surface area contributed by atoms with Crippen molar-refractivity contribution >= 4 is 37.0 Å². The molecule has 0 bridgehead atoms. The van der Waals surface area contributed by atoms with E-state index in [9.17, 15) is 4.79 Å². The Balaban J connectivity index is 0.000000252. The van der Waals surface area contributed by atoms with E-state index in [-0.39, 0.29) is 0 Å². The van der Waals surface area contributed by atoms with Crippen LogP contribution in [0.5, 0.6) is 0 Å². The van der Waals surface area contributed by atoms with Gasteiger partial charge in [-0.1, -0.05) is 23.2 Å². The van der Waals surface area contributed by atoms with Gasteiger partial charge in [-0.25, -0.2) is 9.36 Å². The number of phosphoric acid groups is 1. The quantitative estimate of drug-likeness (QED) is 0.323. The average molecular weight is 253 g/mol. The highest BCUT2D eigenvalue weighted by atomic mass is 35.5. The molecule has 1 aliphatic rings. The van der Waals surface area contributed by atoms with Gasteiger partial charge in [0.2, 0.25) is 4.33 Å². The molecule has 0 atom stereocenters. The first-order chi connectivity index (χ1) is 5.63. The van der Waals surface area contributed by atoms with E-state index >= 15 is 0 Å². The number of rotatable bonds is 0. The Bertz CT molecular complexity index is 227. The van der Waals surface area contributed by atoms with Crippen molar-refractivity contribution in [2.24, 2.45) is 0 Å². The number of ether oxygens (including phenoxy) is 1. The van der Waals surface area contributed by atoms with E-state index in [0.717, 1.165) is 0 Å². The molecular weight excluding hydrogens is 246 g/mol.